The molecule has 132 valence electrons. The van der Waals surface area contributed by atoms with Gasteiger partial charge in [-0.25, -0.2) is 4.98 Å². The molecule has 0 unspecified atom stereocenters. The van der Waals surface area contributed by atoms with E-state index in [1.54, 1.807) is 30.3 Å². The number of benzene rings is 1. The van der Waals surface area contributed by atoms with Crippen molar-refractivity contribution < 1.29 is 13.2 Å². The number of halogens is 3. The van der Waals surface area contributed by atoms with Gasteiger partial charge in [-0.05, 0) is 42.9 Å². The van der Waals surface area contributed by atoms with E-state index in [4.69, 9.17) is 5.26 Å². The average molecular weight is 373 g/mol. The van der Waals surface area contributed by atoms with Crippen molar-refractivity contribution in [1.82, 2.24) is 4.98 Å². The second-order valence-corrected chi connectivity index (χ2v) is 6.93. The molecule has 0 spiro atoms. The third-order valence-electron chi connectivity index (χ3n) is 4.34. The Morgan fingerprint density at radius 3 is 2.50 bits per heavy atom. The topological polar surface area (TPSA) is 60.5 Å². The summed E-state index contributed by atoms with van der Waals surface area (Å²) >= 11 is 1.07. The van der Waals surface area contributed by atoms with Crippen LogP contribution in [0.3, 0.4) is 0 Å². The van der Waals surface area contributed by atoms with E-state index in [9.17, 15) is 18.4 Å². The van der Waals surface area contributed by atoms with Crippen LogP contribution in [0.5, 0.6) is 0 Å². The highest BCUT2D eigenvalue weighted by Crippen LogP contribution is 2.41. The number of fused-ring (bicyclic) bond motifs is 1. The normalized spacial score (nSPS) is 13.6. The van der Waals surface area contributed by atoms with Crippen molar-refractivity contribution in [2.24, 2.45) is 0 Å². The molecule has 0 aliphatic heterocycles. The van der Waals surface area contributed by atoms with Gasteiger partial charge < -0.3 is 0 Å². The molecule has 0 saturated carbocycles. The Bertz CT molecular complexity index is 923. The van der Waals surface area contributed by atoms with Crippen LogP contribution >= 0.6 is 11.8 Å². The van der Waals surface area contributed by atoms with Crippen LogP contribution < -0.4 is 0 Å². The number of nitriles is 2. The number of nitrogens with zero attached hydrogens (tertiary/aromatic N) is 3. The van der Waals surface area contributed by atoms with E-state index in [1.807, 2.05) is 0 Å². The van der Waals surface area contributed by atoms with Gasteiger partial charge in [0, 0.05) is 11.4 Å². The van der Waals surface area contributed by atoms with Gasteiger partial charge >= 0.3 is 6.18 Å². The van der Waals surface area contributed by atoms with Crippen molar-refractivity contribution in [1.29, 1.82) is 10.5 Å². The molecule has 3 nitrogen and oxygen atoms in total. The summed E-state index contributed by atoms with van der Waals surface area (Å²) in [6.45, 7) is 0. The maximum Gasteiger partial charge on any atom is 0.418 e. The van der Waals surface area contributed by atoms with Crippen molar-refractivity contribution in [2.75, 3.05) is 0 Å². The molecule has 1 aromatic carbocycles. The molecule has 1 aliphatic rings. The van der Waals surface area contributed by atoms with E-state index in [1.165, 1.54) is 0 Å². The third kappa shape index (κ3) is 3.54. The number of alkyl halides is 3. The molecular weight excluding hydrogens is 359 g/mol. The molecular formula is C19H14F3N3S. The van der Waals surface area contributed by atoms with Crippen molar-refractivity contribution >= 4 is 11.8 Å². The van der Waals surface area contributed by atoms with Gasteiger partial charge in [-0.3, -0.25) is 0 Å². The zero-order valence-corrected chi connectivity index (χ0v) is 14.5. The van der Waals surface area contributed by atoms with E-state index < -0.39 is 17.3 Å². The monoisotopic (exact) mass is 373 g/mol. The minimum Gasteiger partial charge on any atom is -0.245 e. The smallest absolute Gasteiger partial charge is 0.245 e. The van der Waals surface area contributed by atoms with E-state index in [2.05, 4.69) is 11.1 Å². The molecule has 0 atom stereocenters. The highest BCUT2D eigenvalue weighted by Gasteiger charge is 2.39. The Hall–Kier alpha value is -2.51. The van der Waals surface area contributed by atoms with Crippen LogP contribution in [0.4, 0.5) is 13.2 Å². The Balaban J connectivity index is 2.05. The average Bonchev–Trinajstić information content (AvgIpc) is 2.64. The van der Waals surface area contributed by atoms with Gasteiger partial charge in [-0.15, -0.1) is 11.8 Å². The van der Waals surface area contributed by atoms with Crippen molar-refractivity contribution in [3.63, 3.8) is 0 Å². The molecule has 0 saturated heterocycles. The Labute approximate surface area is 153 Å². The summed E-state index contributed by atoms with van der Waals surface area (Å²) in [6.07, 6.45) is -2.33. The Morgan fingerprint density at radius 1 is 1.08 bits per heavy atom. The largest absolute Gasteiger partial charge is 0.418 e. The van der Waals surface area contributed by atoms with E-state index >= 15 is 0 Å². The van der Waals surface area contributed by atoms with Crippen molar-refractivity contribution in [3.8, 4) is 12.1 Å². The molecule has 0 radical (unpaired) electrons. The lowest BCUT2D eigenvalue weighted by molar-refractivity contribution is -0.138. The Kier molecular flexibility index (Phi) is 5.20. The molecule has 1 aromatic heterocycles. The van der Waals surface area contributed by atoms with E-state index in [-0.39, 0.29) is 16.3 Å². The molecule has 0 N–H and O–H groups in total. The zero-order chi connectivity index (χ0) is 18.7. The number of aromatic nitrogens is 1. The van der Waals surface area contributed by atoms with Crippen LogP contribution in [0.2, 0.25) is 0 Å². The lowest BCUT2D eigenvalue weighted by Gasteiger charge is -2.22. The fraction of sp³-hybridized carbons (Fsp3) is 0.316. The predicted octanol–water partition coefficient (Wildman–Crippen LogP) is 5.01. The van der Waals surface area contributed by atoms with Crippen LogP contribution in [0, 0.1) is 22.7 Å². The lowest BCUT2D eigenvalue weighted by atomic mass is 9.90. The number of hydrogen-bond donors (Lipinski definition) is 0. The van der Waals surface area contributed by atoms with E-state index in [0.29, 0.717) is 36.1 Å². The first-order chi connectivity index (χ1) is 12.5. The summed E-state index contributed by atoms with van der Waals surface area (Å²) in [5.41, 5.74) is 0.545. The summed E-state index contributed by atoms with van der Waals surface area (Å²) in [5.74, 6) is 0.279. The van der Waals surface area contributed by atoms with Gasteiger partial charge in [-0.2, -0.15) is 23.7 Å². The summed E-state index contributed by atoms with van der Waals surface area (Å²) in [6, 6.07) is 10.7. The van der Waals surface area contributed by atoms with Gasteiger partial charge in [0.1, 0.15) is 11.1 Å². The van der Waals surface area contributed by atoms with Gasteiger partial charge in [0.25, 0.3) is 0 Å². The molecule has 1 heterocycles. The van der Waals surface area contributed by atoms with E-state index in [0.717, 1.165) is 18.2 Å². The second-order valence-electron chi connectivity index (χ2n) is 5.97. The minimum absolute atomic E-state index is 0.0909. The van der Waals surface area contributed by atoms with Crippen molar-refractivity contribution in [3.05, 3.63) is 57.8 Å². The SMILES string of the molecule is N#Cc1ccccc1CSc1nc2c(c(C(F)(F)F)c1C#N)CCCC2. The summed E-state index contributed by atoms with van der Waals surface area (Å²) < 4.78 is 41.0. The predicted molar refractivity (Wildman–Crippen MR) is 91.3 cm³/mol. The number of rotatable bonds is 3. The van der Waals surface area contributed by atoms with Gasteiger partial charge in [0.2, 0.25) is 0 Å². The van der Waals surface area contributed by atoms with Crippen LogP contribution in [-0.2, 0) is 24.8 Å². The maximum atomic E-state index is 13.7. The minimum atomic E-state index is -4.59. The van der Waals surface area contributed by atoms with Crippen LogP contribution in [0.25, 0.3) is 0 Å². The fourth-order valence-electron chi connectivity index (χ4n) is 3.14. The third-order valence-corrected chi connectivity index (χ3v) is 5.36. The quantitative estimate of drug-likeness (QED) is 0.709. The molecule has 26 heavy (non-hydrogen) atoms. The number of hydrogen-bond acceptors (Lipinski definition) is 4. The highest BCUT2D eigenvalue weighted by atomic mass is 32.2. The first kappa shape index (κ1) is 18.3. The first-order valence-electron chi connectivity index (χ1n) is 8.09. The number of pyridine rings is 1. The molecule has 1 aliphatic carbocycles. The number of aryl methyl sites for hydroxylation is 1. The Morgan fingerprint density at radius 2 is 1.81 bits per heavy atom. The van der Waals surface area contributed by atoms with Gasteiger partial charge in [0.05, 0.1) is 22.8 Å². The fourth-order valence-corrected chi connectivity index (χ4v) is 4.15. The first-order valence-corrected chi connectivity index (χ1v) is 9.08. The molecule has 2 aromatic rings. The number of thioether (sulfide) groups is 1. The van der Waals surface area contributed by atoms with Gasteiger partial charge in [-0.1, -0.05) is 18.2 Å². The van der Waals surface area contributed by atoms with Crippen LogP contribution in [-0.4, -0.2) is 4.98 Å². The van der Waals surface area contributed by atoms with Gasteiger partial charge in [0.15, 0.2) is 0 Å². The maximum absolute atomic E-state index is 13.7. The second kappa shape index (κ2) is 7.39. The van der Waals surface area contributed by atoms with Crippen LogP contribution in [0.15, 0.2) is 29.3 Å². The molecule has 7 heteroatoms. The highest BCUT2D eigenvalue weighted by molar-refractivity contribution is 7.98. The molecule has 0 bridgehead atoms. The summed E-state index contributed by atoms with van der Waals surface area (Å²) in [4.78, 5) is 4.39. The van der Waals surface area contributed by atoms with Crippen molar-refractivity contribution in [2.45, 2.75) is 42.6 Å². The molecule has 0 fully saturated rings. The lowest BCUT2D eigenvalue weighted by Crippen LogP contribution is -2.19. The summed E-state index contributed by atoms with van der Waals surface area (Å²) in [5, 5.41) is 18.6. The molecule has 0 amide bonds. The zero-order valence-electron chi connectivity index (χ0n) is 13.7. The molecule has 3 rings (SSSR count). The standard InChI is InChI=1S/C19H14F3N3S/c20-19(21,22)17-14-7-3-4-8-16(14)25-18(15(17)10-24)26-11-13-6-2-1-5-12(13)9-23/h1-2,5-6H,3-4,7-8,11H2. The van der Waals surface area contributed by atoms with Crippen LogP contribution in [0.1, 0.15) is 46.4 Å². The summed E-state index contributed by atoms with van der Waals surface area (Å²) in [7, 11) is 0.